The Labute approximate surface area is 155 Å². The van der Waals surface area contributed by atoms with Gasteiger partial charge in [0.1, 0.15) is 11.6 Å². The third kappa shape index (κ3) is 6.51. The Kier molecular flexibility index (Phi) is 8.13. The average Bonchev–Trinajstić information content (AvgIpc) is 2.66. The highest BCUT2D eigenvalue weighted by atomic mass is 16.5. The van der Waals surface area contributed by atoms with Crippen molar-refractivity contribution in [1.82, 2.24) is 10.2 Å². The summed E-state index contributed by atoms with van der Waals surface area (Å²) in [5.74, 6) is 0.0430. The summed E-state index contributed by atoms with van der Waals surface area (Å²) in [6.45, 7) is 9.48. The van der Waals surface area contributed by atoms with Crippen molar-refractivity contribution in [2.24, 2.45) is 0 Å². The monoisotopic (exact) mass is 356 g/mol. The van der Waals surface area contributed by atoms with Gasteiger partial charge in [-0.2, -0.15) is 5.26 Å². The summed E-state index contributed by atoms with van der Waals surface area (Å²) in [7, 11) is 0. The van der Waals surface area contributed by atoms with E-state index in [1.807, 2.05) is 30.3 Å². The van der Waals surface area contributed by atoms with Crippen LogP contribution in [0, 0.1) is 11.3 Å². The summed E-state index contributed by atoms with van der Waals surface area (Å²) in [6.07, 6.45) is 2.45. The molecule has 0 bridgehead atoms. The first-order valence-electron chi connectivity index (χ1n) is 9.15. The van der Waals surface area contributed by atoms with Crippen LogP contribution in [0.3, 0.4) is 0 Å². The first-order chi connectivity index (χ1) is 12.6. The lowest BCUT2D eigenvalue weighted by Crippen LogP contribution is -2.37. The molecule has 1 aromatic carbocycles. The molecule has 1 amide bonds. The number of carbonyl (C=O) groups excluding carboxylic acids is 1. The molecule has 1 saturated heterocycles. The normalized spacial score (nSPS) is 15.5. The largest absolute Gasteiger partial charge is 0.390 e. The zero-order chi connectivity index (χ0) is 18.8. The van der Waals surface area contributed by atoms with Crippen molar-refractivity contribution in [3.8, 4) is 6.07 Å². The molecule has 0 saturated carbocycles. The summed E-state index contributed by atoms with van der Waals surface area (Å²) < 4.78 is 5.32. The molecule has 1 aromatic rings. The zero-order valence-electron chi connectivity index (χ0n) is 15.6. The highest BCUT2D eigenvalue weighted by Gasteiger charge is 2.10. The molecule has 2 N–H and O–H groups in total. The van der Waals surface area contributed by atoms with Gasteiger partial charge in [-0.05, 0) is 36.6 Å². The van der Waals surface area contributed by atoms with Gasteiger partial charge in [-0.15, -0.1) is 0 Å². The lowest BCUT2D eigenvalue weighted by molar-refractivity contribution is -0.112. The van der Waals surface area contributed by atoms with Crippen LogP contribution in [-0.4, -0.2) is 50.2 Å². The summed E-state index contributed by atoms with van der Waals surface area (Å²) in [5.41, 5.74) is 1.97. The third-order valence-electron chi connectivity index (χ3n) is 4.35. The number of anilines is 1. The fraction of sp³-hybridized carbons (Fsp3) is 0.500. The van der Waals surface area contributed by atoms with Crippen molar-refractivity contribution in [3.05, 3.63) is 41.6 Å². The molecule has 0 atom stereocenters. The Morgan fingerprint density at radius 2 is 2.00 bits per heavy atom. The number of nitrogens with one attached hydrogen (secondary N) is 2. The predicted octanol–water partition coefficient (Wildman–Crippen LogP) is 2.47. The van der Waals surface area contributed by atoms with Crippen LogP contribution in [0.4, 0.5) is 5.69 Å². The molecule has 6 heteroatoms. The van der Waals surface area contributed by atoms with Crippen LogP contribution in [0.2, 0.25) is 0 Å². The maximum absolute atomic E-state index is 12.2. The van der Waals surface area contributed by atoms with Gasteiger partial charge in [0.2, 0.25) is 0 Å². The molecule has 1 aliphatic rings. The molecule has 0 unspecified atom stereocenters. The van der Waals surface area contributed by atoms with Gasteiger partial charge in [0, 0.05) is 31.5 Å². The first kappa shape index (κ1) is 20.0. The number of ether oxygens (including phenoxy) is 1. The van der Waals surface area contributed by atoms with Gasteiger partial charge in [-0.3, -0.25) is 9.69 Å². The number of rotatable bonds is 8. The molecular weight excluding hydrogens is 328 g/mol. The summed E-state index contributed by atoms with van der Waals surface area (Å²) in [4.78, 5) is 14.6. The first-order valence-corrected chi connectivity index (χ1v) is 9.15. The van der Waals surface area contributed by atoms with Crippen molar-refractivity contribution >= 4 is 11.6 Å². The minimum absolute atomic E-state index is 0.0734. The van der Waals surface area contributed by atoms with E-state index in [-0.39, 0.29) is 5.57 Å². The van der Waals surface area contributed by atoms with Gasteiger partial charge in [0.25, 0.3) is 5.91 Å². The van der Waals surface area contributed by atoms with Gasteiger partial charge in [-0.25, -0.2) is 0 Å². The fourth-order valence-electron chi connectivity index (χ4n) is 2.70. The number of hydrogen-bond donors (Lipinski definition) is 2. The maximum atomic E-state index is 12.2. The molecule has 26 heavy (non-hydrogen) atoms. The van der Waals surface area contributed by atoms with Crippen molar-refractivity contribution in [3.63, 3.8) is 0 Å². The van der Waals surface area contributed by atoms with Crippen LogP contribution in [-0.2, 0) is 9.53 Å². The predicted molar refractivity (Wildman–Crippen MR) is 103 cm³/mol. The minimum atomic E-state index is -0.398. The van der Waals surface area contributed by atoms with Crippen molar-refractivity contribution in [2.75, 3.05) is 44.7 Å². The van der Waals surface area contributed by atoms with Crippen molar-refractivity contribution in [1.29, 1.82) is 5.26 Å². The molecule has 1 heterocycles. The summed E-state index contributed by atoms with van der Waals surface area (Å²) in [6, 6.07) is 9.64. The van der Waals surface area contributed by atoms with E-state index in [4.69, 9.17) is 4.74 Å². The number of nitriles is 1. The van der Waals surface area contributed by atoms with Crippen LogP contribution in [0.25, 0.3) is 0 Å². The number of morpholine rings is 1. The molecule has 1 fully saturated rings. The Morgan fingerprint density at radius 3 is 2.62 bits per heavy atom. The maximum Gasteiger partial charge on any atom is 0.267 e. The second-order valence-corrected chi connectivity index (χ2v) is 6.66. The van der Waals surface area contributed by atoms with E-state index in [1.54, 1.807) is 0 Å². The number of amides is 1. The van der Waals surface area contributed by atoms with E-state index in [1.165, 1.54) is 11.8 Å². The molecular formula is C20H28N4O2. The fourth-order valence-corrected chi connectivity index (χ4v) is 2.70. The highest BCUT2D eigenvalue weighted by molar-refractivity contribution is 6.06. The molecule has 6 nitrogen and oxygen atoms in total. The van der Waals surface area contributed by atoms with Crippen molar-refractivity contribution in [2.45, 2.75) is 26.2 Å². The SMILES string of the molecule is CC(C)c1ccc(NC(=O)/C(C#N)=C\NCCCN2CCOCC2)cc1. The lowest BCUT2D eigenvalue weighted by atomic mass is 10.0. The topological polar surface area (TPSA) is 77.4 Å². The van der Waals surface area contributed by atoms with Crippen LogP contribution in [0.5, 0.6) is 0 Å². The molecule has 140 valence electrons. The Balaban J connectivity index is 1.76. The van der Waals surface area contributed by atoms with E-state index >= 15 is 0 Å². The van der Waals surface area contributed by atoms with Crippen LogP contribution in [0.15, 0.2) is 36.0 Å². The van der Waals surface area contributed by atoms with E-state index in [2.05, 4.69) is 29.4 Å². The van der Waals surface area contributed by atoms with Gasteiger partial charge in [0.05, 0.1) is 13.2 Å². The minimum Gasteiger partial charge on any atom is -0.390 e. The van der Waals surface area contributed by atoms with E-state index in [0.29, 0.717) is 11.6 Å². The number of nitrogens with zero attached hydrogens (tertiary/aromatic N) is 2. The Hall–Kier alpha value is -2.36. The third-order valence-corrected chi connectivity index (χ3v) is 4.35. The molecule has 1 aliphatic heterocycles. The number of benzene rings is 1. The second kappa shape index (κ2) is 10.6. The van der Waals surface area contributed by atoms with Crippen molar-refractivity contribution < 1.29 is 9.53 Å². The van der Waals surface area contributed by atoms with Crippen LogP contribution < -0.4 is 10.6 Å². The Morgan fingerprint density at radius 1 is 1.31 bits per heavy atom. The van der Waals surface area contributed by atoms with Crippen LogP contribution in [0.1, 0.15) is 31.7 Å². The van der Waals surface area contributed by atoms with Gasteiger partial charge in [0.15, 0.2) is 0 Å². The number of hydrogen-bond acceptors (Lipinski definition) is 5. The van der Waals surface area contributed by atoms with Crippen LogP contribution >= 0.6 is 0 Å². The van der Waals surface area contributed by atoms with Gasteiger partial charge in [-0.1, -0.05) is 26.0 Å². The smallest absolute Gasteiger partial charge is 0.267 e. The zero-order valence-corrected chi connectivity index (χ0v) is 15.6. The molecule has 0 spiro atoms. The summed E-state index contributed by atoms with van der Waals surface area (Å²) in [5, 5.41) is 15.0. The van der Waals surface area contributed by atoms with E-state index in [0.717, 1.165) is 45.8 Å². The molecule has 0 aliphatic carbocycles. The Bertz CT molecular complexity index is 641. The van der Waals surface area contributed by atoms with Gasteiger partial charge >= 0.3 is 0 Å². The standard InChI is InChI=1S/C20H28N4O2/c1-16(2)17-4-6-19(7-5-17)23-20(25)18(14-21)15-22-8-3-9-24-10-12-26-13-11-24/h4-7,15-16,22H,3,8-13H2,1-2H3,(H,23,25)/b18-15-. The second-order valence-electron chi connectivity index (χ2n) is 6.66. The van der Waals surface area contributed by atoms with E-state index in [9.17, 15) is 10.1 Å². The molecule has 2 rings (SSSR count). The quantitative estimate of drug-likeness (QED) is 0.425. The van der Waals surface area contributed by atoms with E-state index < -0.39 is 5.91 Å². The average molecular weight is 356 g/mol. The molecule has 0 aromatic heterocycles. The molecule has 0 radical (unpaired) electrons. The summed E-state index contributed by atoms with van der Waals surface area (Å²) >= 11 is 0. The highest BCUT2D eigenvalue weighted by Crippen LogP contribution is 2.17. The number of carbonyl (C=O) groups is 1. The van der Waals surface area contributed by atoms with Gasteiger partial charge < -0.3 is 15.4 Å². The lowest BCUT2D eigenvalue weighted by Gasteiger charge is -2.26.